The van der Waals surface area contributed by atoms with E-state index in [4.69, 9.17) is 21.1 Å². The van der Waals surface area contributed by atoms with E-state index in [0.717, 1.165) is 11.1 Å². The van der Waals surface area contributed by atoms with Gasteiger partial charge in [-0.05, 0) is 33.3 Å². The second-order valence-electron chi connectivity index (χ2n) is 5.27. The number of ether oxygens (including phenoxy) is 2. The summed E-state index contributed by atoms with van der Waals surface area (Å²) in [6, 6.07) is 5.76. The molecule has 2 atom stereocenters. The predicted octanol–water partition coefficient (Wildman–Crippen LogP) is 3.17. The number of anilines is 1. The van der Waals surface area contributed by atoms with Crippen LogP contribution in [-0.4, -0.2) is 24.0 Å². The molecule has 0 spiro atoms. The Bertz CT molecular complexity index is 508. The minimum Gasteiger partial charge on any atom is -0.340 e. The van der Waals surface area contributed by atoms with Crippen molar-refractivity contribution in [3.05, 3.63) is 29.3 Å². The lowest BCUT2D eigenvalue weighted by Crippen LogP contribution is -2.27. The Morgan fingerprint density at radius 1 is 1.35 bits per heavy atom. The van der Waals surface area contributed by atoms with Crippen LogP contribution in [0.5, 0.6) is 0 Å². The van der Waals surface area contributed by atoms with Gasteiger partial charge in [-0.1, -0.05) is 18.2 Å². The van der Waals surface area contributed by atoms with Crippen LogP contribution < -0.4 is 5.32 Å². The quantitative estimate of drug-likeness (QED) is 0.872. The van der Waals surface area contributed by atoms with E-state index in [1.165, 1.54) is 0 Å². The van der Waals surface area contributed by atoms with E-state index in [9.17, 15) is 4.79 Å². The van der Waals surface area contributed by atoms with E-state index in [1.54, 1.807) is 0 Å². The number of para-hydroxylation sites is 1. The first-order valence-corrected chi connectivity index (χ1v) is 7.22. The molecule has 1 amide bonds. The maximum atomic E-state index is 11.6. The third-order valence-electron chi connectivity index (χ3n) is 3.63. The number of amides is 1. The summed E-state index contributed by atoms with van der Waals surface area (Å²) in [7, 11) is 0. The summed E-state index contributed by atoms with van der Waals surface area (Å²) in [5.74, 6) is -1.19. The van der Waals surface area contributed by atoms with Gasteiger partial charge in [0.2, 0.25) is 5.91 Å². The Balaban J connectivity index is 2.41. The highest BCUT2D eigenvalue weighted by Gasteiger charge is 2.43. The fourth-order valence-electron chi connectivity index (χ4n) is 2.44. The Labute approximate surface area is 124 Å². The first kappa shape index (κ1) is 15.3. The van der Waals surface area contributed by atoms with Crippen LogP contribution in [0.3, 0.4) is 0 Å². The standard InChI is InChI=1S/C15H20ClNO3/c1-9-6-5-7-12(14(9)17-13(18)8-16)15(4)19-10(2)11(3)20-15/h5-7,10-11H,8H2,1-4H3,(H,17,18). The fourth-order valence-corrected chi connectivity index (χ4v) is 2.51. The fraction of sp³-hybridized carbons (Fsp3) is 0.533. The molecule has 20 heavy (non-hydrogen) atoms. The number of carbonyl (C=O) groups is 1. The Hall–Kier alpha value is -1.10. The van der Waals surface area contributed by atoms with Crippen molar-refractivity contribution in [3.8, 4) is 0 Å². The first-order valence-electron chi connectivity index (χ1n) is 6.69. The second-order valence-corrected chi connectivity index (χ2v) is 5.54. The van der Waals surface area contributed by atoms with Gasteiger partial charge in [-0.15, -0.1) is 11.6 Å². The van der Waals surface area contributed by atoms with Crippen LogP contribution in [0.15, 0.2) is 18.2 Å². The van der Waals surface area contributed by atoms with Gasteiger partial charge in [0.05, 0.1) is 17.9 Å². The van der Waals surface area contributed by atoms with Crippen LogP contribution >= 0.6 is 11.6 Å². The van der Waals surface area contributed by atoms with Gasteiger partial charge in [-0.25, -0.2) is 0 Å². The third-order valence-corrected chi connectivity index (χ3v) is 3.87. The van der Waals surface area contributed by atoms with Crippen LogP contribution in [0, 0.1) is 6.92 Å². The van der Waals surface area contributed by atoms with Crippen LogP contribution in [0.25, 0.3) is 0 Å². The number of hydrogen-bond acceptors (Lipinski definition) is 3. The minimum absolute atomic E-state index is 0.00269. The number of hydrogen-bond donors (Lipinski definition) is 1. The number of benzene rings is 1. The van der Waals surface area contributed by atoms with Gasteiger partial charge in [0.25, 0.3) is 0 Å². The lowest BCUT2D eigenvalue weighted by Gasteiger charge is -2.27. The summed E-state index contributed by atoms with van der Waals surface area (Å²) < 4.78 is 11.9. The van der Waals surface area contributed by atoms with Gasteiger partial charge >= 0.3 is 0 Å². The molecule has 0 bridgehead atoms. The molecule has 2 unspecified atom stereocenters. The van der Waals surface area contributed by atoms with Crippen molar-refractivity contribution in [2.75, 3.05) is 11.2 Å². The maximum absolute atomic E-state index is 11.6. The van der Waals surface area contributed by atoms with Gasteiger partial charge in [-0.2, -0.15) is 0 Å². The Morgan fingerprint density at radius 3 is 2.50 bits per heavy atom. The number of carbonyl (C=O) groups excluding carboxylic acids is 1. The van der Waals surface area contributed by atoms with E-state index in [0.29, 0.717) is 5.69 Å². The topological polar surface area (TPSA) is 47.6 Å². The minimum atomic E-state index is -0.861. The van der Waals surface area contributed by atoms with Crippen LogP contribution in [0.1, 0.15) is 31.9 Å². The first-order chi connectivity index (χ1) is 9.37. The van der Waals surface area contributed by atoms with Crippen LogP contribution in [-0.2, 0) is 20.1 Å². The van der Waals surface area contributed by atoms with Crippen LogP contribution in [0.4, 0.5) is 5.69 Å². The van der Waals surface area contributed by atoms with E-state index in [2.05, 4.69) is 5.32 Å². The molecule has 1 heterocycles. The van der Waals surface area contributed by atoms with Crippen molar-refractivity contribution in [2.24, 2.45) is 0 Å². The van der Waals surface area contributed by atoms with Crippen LogP contribution in [0.2, 0.25) is 0 Å². The molecule has 110 valence electrons. The van der Waals surface area contributed by atoms with Crippen molar-refractivity contribution in [3.63, 3.8) is 0 Å². The normalized spacial score (nSPS) is 29.4. The lowest BCUT2D eigenvalue weighted by molar-refractivity contribution is -0.166. The summed E-state index contributed by atoms with van der Waals surface area (Å²) in [5, 5.41) is 2.83. The zero-order chi connectivity index (χ0) is 14.9. The van der Waals surface area contributed by atoms with Crippen molar-refractivity contribution < 1.29 is 14.3 Å². The molecule has 1 aromatic carbocycles. The summed E-state index contributed by atoms with van der Waals surface area (Å²) in [4.78, 5) is 11.6. The summed E-state index contributed by atoms with van der Waals surface area (Å²) in [6.07, 6.45) is -0.00539. The summed E-state index contributed by atoms with van der Waals surface area (Å²) in [6.45, 7) is 7.75. The largest absolute Gasteiger partial charge is 0.340 e. The number of halogens is 1. The molecular formula is C15H20ClNO3. The molecule has 1 fully saturated rings. The number of aryl methyl sites for hydroxylation is 1. The van der Waals surface area contributed by atoms with E-state index in [-0.39, 0.29) is 24.0 Å². The lowest BCUT2D eigenvalue weighted by atomic mass is 10.0. The molecule has 4 nitrogen and oxygen atoms in total. The number of rotatable bonds is 3. The van der Waals surface area contributed by atoms with Gasteiger partial charge < -0.3 is 14.8 Å². The average molecular weight is 298 g/mol. The zero-order valence-electron chi connectivity index (χ0n) is 12.2. The van der Waals surface area contributed by atoms with E-state index in [1.807, 2.05) is 45.9 Å². The highest BCUT2D eigenvalue weighted by Crippen LogP contribution is 2.41. The molecule has 1 aliphatic heterocycles. The molecule has 1 saturated heterocycles. The van der Waals surface area contributed by atoms with Crippen molar-refractivity contribution in [1.29, 1.82) is 0 Å². The molecule has 0 aromatic heterocycles. The molecular weight excluding hydrogens is 278 g/mol. The number of alkyl halides is 1. The second kappa shape index (κ2) is 5.72. The Kier molecular flexibility index (Phi) is 4.37. The highest BCUT2D eigenvalue weighted by atomic mass is 35.5. The molecule has 0 saturated carbocycles. The summed E-state index contributed by atoms with van der Waals surface area (Å²) >= 11 is 5.57. The van der Waals surface area contributed by atoms with Crippen molar-refractivity contribution in [2.45, 2.75) is 45.7 Å². The van der Waals surface area contributed by atoms with E-state index < -0.39 is 5.79 Å². The van der Waals surface area contributed by atoms with Crippen molar-refractivity contribution in [1.82, 2.24) is 0 Å². The zero-order valence-corrected chi connectivity index (χ0v) is 13.0. The average Bonchev–Trinajstić information content (AvgIpc) is 2.66. The molecule has 0 radical (unpaired) electrons. The molecule has 1 aromatic rings. The smallest absolute Gasteiger partial charge is 0.239 e. The SMILES string of the molecule is Cc1cccc(C2(C)OC(C)C(C)O2)c1NC(=O)CCl. The van der Waals surface area contributed by atoms with Gasteiger partial charge in [0, 0.05) is 5.56 Å². The molecule has 1 aliphatic rings. The Morgan fingerprint density at radius 2 is 1.95 bits per heavy atom. The molecule has 5 heteroatoms. The molecule has 1 N–H and O–H groups in total. The molecule has 0 aliphatic carbocycles. The van der Waals surface area contributed by atoms with Gasteiger partial charge in [-0.3, -0.25) is 4.79 Å². The maximum Gasteiger partial charge on any atom is 0.239 e. The molecule has 2 rings (SSSR count). The highest BCUT2D eigenvalue weighted by molar-refractivity contribution is 6.29. The van der Waals surface area contributed by atoms with Gasteiger partial charge in [0.1, 0.15) is 5.88 Å². The number of nitrogens with one attached hydrogen (secondary N) is 1. The van der Waals surface area contributed by atoms with Crippen molar-refractivity contribution >= 4 is 23.2 Å². The van der Waals surface area contributed by atoms with Gasteiger partial charge in [0.15, 0.2) is 5.79 Å². The predicted molar refractivity (Wildman–Crippen MR) is 79.0 cm³/mol. The summed E-state index contributed by atoms with van der Waals surface area (Å²) in [5.41, 5.74) is 2.47. The van der Waals surface area contributed by atoms with E-state index >= 15 is 0 Å². The monoisotopic (exact) mass is 297 g/mol. The third kappa shape index (κ3) is 2.82.